The van der Waals surface area contributed by atoms with Gasteiger partial charge in [-0.3, -0.25) is 0 Å². The van der Waals surface area contributed by atoms with Crippen LogP contribution in [0.4, 0.5) is 0 Å². The Bertz CT molecular complexity index is 1060. The van der Waals surface area contributed by atoms with Crippen LogP contribution >= 0.6 is 7.26 Å². The highest BCUT2D eigenvalue weighted by molar-refractivity contribution is 7.97. The summed E-state index contributed by atoms with van der Waals surface area (Å²) in [4.78, 5) is 0. The molecule has 0 aliphatic heterocycles. The first-order valence-corrected chi connectivity index (χ1v) is 12.1. The largest absolute Gasteiger partial charge is 0.747 e. The van der Waals surface area contributed by atoms with Gasteiger partial charge in [-0.15, -0.1) is 0 Å². The van der Waals surface area contributed by atoms with Crippen LogP contribution in [0, 0.1) is 22.7 Å². The van der Waals surface area contributed by atoms with Crippen LogP contribution in [0.1, 0.15) is 0 Å². The second kappa shape index (κ2) is 8.55. The van der Waals surface area contributed by atoms with Gasteiger partial charge in [0.25, 0.3) is 0 Å². The van der Waals surface area contributed by atoms with E-state index in [1.165, 1.54) is 0 Å². The Hall–Kier alpha value is -3.02. The molecule has 3 rings (SSSR count). The van der Waals surface area contributed by atoms with Gasteiger partial charge in [-0.1, -0.05) is 54.6 Å². The third-order valence-corrected chi connectivity index (χ3v) is 10.6. The molecule has 144 valence electrons. The lowest BCUT2D eigenvalue weighted by Gasteiger charge is -2.33. The normalized spacial score (nSPS) is 13.6. The molecule has 0 radical (unpaired) electrons. The first-order chi connectivity index (χ1) is 14.0. The molecule has 0 bridgehead atoms. The van der Waals surface area contributed by atoms with Crippen molar-refractivity contribution in [3.63, 3.8) is 0 Å². The number of nitriles is 2. The molecule has 0 aliphatic rings. The zero-order valence-electron chi connectivity index (χ0n) is 15.3. The smallest absolute Gasteiger partial charge is 0.197 e. The average Bonchev–Trinajstić information content (AvgIpc) is 2.75. The van der Waals surface area contributed by atoms with Crippen LogP contribution < -0.4 is 15.9 Å². The summed E-state index contributed by atoms with van der Waals surface area (Å²) in [6.45, 7) is 0. The molecule has 2 atom stereocenters. The fraction of sp³-hybridized carbons (Fsp3) is 0.0909. The minimum Gasteiger partial charge on any atom is -0.747 e. The van der Waals surface area contributed by atoms with Crippen molar-refractivity contribution in [2.45, 2.75) is 10.9 Å². The molecule has 3 aromatic carbocycles. The van der Waals surface area contributed by atoms with Gasteiger partial charge in [-0.25, -0.2) is 8.42 Å². The fourth-order valence-electron chi connectivity index (χ4n) is 3.57. The molecule has 0 N–H and O–H groups in total. The lowest BCUT2D eigenvalue weighted by molar-refractivity contribution is 0.457. The van der Waals surface area contributed by atoms with Gasteiger partial charge in [0, 0.05) is 0 Å². The Morgan fingerprint density at radius 3 is 1.28 bits per heavy atom. The SMILES string of the molecule is N#CC(C(C#N)S(=O)(=O)[O-])[P+](c1ccccc1)(c1ccccc1)c1ccccc1. The van der Waals surface area contributed by atoms with E-state index in [4.69, 9.17) is 0 Å². The minimum absolute atomic E-state index is 0.729. The molecular weight excluding hydrogens is 403 g/mol. The van der Waals surface area contributed by atoms with Crippen LogP contribution in [0.2, 0.25) is 0 Å². The highest BCUT2D eigenvalue weighted by Crippen LogP contribution is 2.61. The van der Waals surface area contributed by atoms with Gasteiger partial charge in [0.05, 0.1) is 6.07 Å². The van der Waals surface area contributed by atoms with Crippen LogP contribution in [-0.2, 0) is 10.1 Å². The van der Waals surface area contributed by atoms with Crippen molar-refractivity contribution >= 4 is 33.3 Å². The highest BCUT2D eigenvalue weighted by atomic mass is 32.2. The van der Waals surface area contributed by atoms with Gasteiger partial charge in [-0.05, 0) is 36.4 Å². The highest BCUT2D eigenvalue weighted by Gasteiger charge is 2.57. The molecule has 5 nitrogen and oxygen atoms in total. The molecule has 0 fully saturated rings. The predicted octanol–water partition coefficient (Wildman–Crippen LogP) is 2.31. The van der Waals surface area contributed by atoms with E-state index in [0.29, 0.717) is 0 Å². The lowest BCUT2D eigenvalue weighted by atomic mass is 10.3. The molecule has 0 spiro atoms. The van der Waals surface area contributed by atoms with E-state index >= 15 is 0 Å². The number of rotatable bonds is 6. The van der Waals surface area contributed by atoms with Gasteiger partial charge >= 0.3 is 0 Å². The number of hydrogen-bond donors (Lipinski definition) is 0. The molecule has 0 amide bonds. The summed E-state index contributed by atoms with van der Waals surface area (Å²) < 4.78 is 36.0. The Morgan fingerprint density at radius 2 is 1.03 bits per heavy atom. The van der Waals surface area contributed by atoms with Crippen LogP contribution in [0.15, 0.2) is 91.0 Å². The van der Waals surface area contributed by atoms with Crippen molar-refractivity contribution in [3.05, 3.63) is 91.0 Å². The number of benzene rings is 3. The van der Waals surface area contributed by atoms with Crippen molar-refractivity contribution in [2.24, 2.45) is 0 Å². The molecule has 7 heteroatoms. The monoisotopic (exact) mass is 420 g/mol. The molecule has 3 aromatic rings. The van der Waals surface area contributed by atoms with Gasteiger partial charge in [0.2, 0.25) is 0 Å². The zero-order valence-corrected chi connectivity index (χ0v) is 17.0. The first kappa shape index (κ1) is 20.7. The third-order valence-electron chi connectivity index (χ3n) is 4.76. The van der Waals surface area contributed by atoms with Crippen LogP contribution in [0.3, 0.4) is 0 Å². The van der Waals surface area contributed by atoms with Crippen LogP contribution in [0.5, 0.6) is 0 Å². The zero-order chi connectivity index (χ0) is 20.9. The van der Waals surface area contributed by atoms with E-state index in [1.807, 2.05) is 60.7 Å². The molecule has 0 aromatic heterocycles. The molecule has 0 aliphatic carbocycles. The molecular formula is C22H17N2O3PS. The number of hydrogen-bond acceptors (Lipinski definition) is 5. The van der Waals surface area contributed by atoms with E-state index in [-0.39, 0.29) is 0 Å². The average molecular weight is 420 g/mol. The van der Waals surface area contributed by atoms with Gasteiger partial charge in [0.1, 0.15) is 39.4 Å². The van der Waals surface area contributed by atoms with Crippen molar-refractivity contribution in [2.75, 3.05) is 0 Å². The van der Waals surface area contributed by atoms with Crippen molar-refractivity contribution < 1.29 is 13.0 Å². The standard InChI is InChI=1S/C22H17N2O3PS/c23-16-21(22(17-24)29(25,26)27)28(18-10-4-1-5-11-18,19-12-6-2-7-13-19)20-14-8-3-9-15-20/h1-15,21-22H. The quantitative estimate of drug-likeness (QED) is 0.450. The Balaban J connectivity index is 2.50. The van der Waals surface area contributed by atoms with E-state index < -0.39 is 28.3 Å². The Labute approximate surface area is 171 Å². The second-order valence-electron chi connectivity index (χ2n) is 6.35. The molecule has 2 unspecified atom stereocenters. The van der Waals surface area contributed by atoms with Crippen molar-refractivity contribution in [1.29, 1.82) is 10.5 Å². The van der Waals surface area contributed by atoms with Crippen LogP contribution in [0.25, 0.3) is 0 Å². The predicted molar refractivity (Wildman–Crippen MR) is 114 cm³/mol. The topological polar surface area (TPSA) is 105 Å². The maximum Gasteiger partial charge on any atom is 0.197 e. The van der Waals surface area contributed by atoms with Crippen molar-refractivity contribution in [3.8, 4) is 12.1 Å². The minimum atomic E-state index is -5.04. The summed E-state index contributed by atoms with van der Waals surface area (Å²) in [5.74, 6) is 0. The first-order valence-electron chi connectivity index (χ1n) is 8.75. The molecule has 0 saturated carbocycles. The summed E-state index contributed by atoms with van der Waals surface area (Å²) in [6, 6.07) is 30.9. The number of nitrogens with zero attached hydrogens (tertiary/aromatic N) is 2. The summed E-state index contributed by atoms with van der Waals surface area (Å²) in [5, 5.41) is 19.9. The van der Waals surface area contributed by atoms with Crippen molar-refractivity contribution in [1.82, 2.24) is 0 Å². The van der Waals surface area contributed by atoms with Gasteiger partial charge in [0.15, 0.2) is 10.9 Å². The third kappa shape index (κ3) is 3.79. The van der Waals surface area contributed by atoms with E-state index in [2.05, 4.69) is 0 Å². The molecule has 0 heterocycles. The van der Waals surface area contributed by atoms with E-state index in [0.717, 1.165) is 15.9 Å². The summed E-state index contributed by atoms with van der Waals surface area (Å²) in [7, 11) is -8.03. The maximum atomic E-state index is 12.0. The van der Waals surface area contributed by atoms with E-state index in [1.54, 1.807) is 42.5 Å². The lowest BCUT2D eigenvalue weighted by Crippen LogP contribution is -2.45. The molecule has 0 saturated heterocycles. The van der Waals surface area contributed by atoms with Gasteiger partial charge < -0.3 is 4.55 Å². The maximum absolute atomic E-state index is 12.0. The Kier molecular flexibility index (Phi) is 6.11. The van der Waals surface area contributed by atoms with Gasteiger partial charge in [-0.2, -0.15) is 10.5 Å². The molecule has 29 heavy (non-hydrogen) atoms. The summed E-state index contributed by atoms with van der Waals surface area (Å²) >= 11 is 0. The second-order valence-corrected chi connectivity index (χ2v) is 11.4. The Morgan fingerprint density at radius 1 is 0.690 bits per heavy atom. The van der Waals surface area contributed by atoms with Crippen LogP contribution in [-0.4, -0.2) is 23.9 Å². The fourth-order valence-corrected chi connectivity index (χ4v) is 9.50. The summed E-state index contributed by atoms with van der Waals surface area (Å²) in [6.07, 6.45) is 0. The summed E-state index contributed by atoms with van der Waals surface area (Å²) in [5.41, 5.74) is -1.36. The van der Waals surface area contributed by atoms with E-state index in [9.17, 15) is 23.5 Å².